The van der Waals surface area contributed by atoms with Crippen LogP contribution < -0.4 is 10.8 Å². The number of carbonyl (C=O) groups is 2. The van der Waals surface area contributed by atoms with Gasteiger partial charge < -0.3 is 5.32 Å². The van der Waals surface area contributed by atoms with Crippen molar-refractivity contribution in [2.45, 2.75) is 13.3 Å². The summed E-state index contributed by atoms with van der Waals surface area (Å²) < 4.78 is 0. The molecule has 5 heteroatoms. The number of rotatable bonds is 6. The van der Waals surface area contributed by atoms with E-state index in [1.54, 1.807) is 17.6 Å². The van der Waals surface area contributed by atoms with Crippen molar-refractivity contribution in [2.24, 2.45) is 5.92 Å². The molecule has 1 unspecified atom stereocenters. The van der Waals surface area contributed by atoms with E-state index in [-0.39, 0.29) is 11.8 Å². The Balaban J connectivity index is 1.59. The smallest absolute Gasteiger partial charge is 0.274 e. The quantitative estimate of drug-likeness (QED) is 0.463. The normalized spacial score (nSPS) is 11.8. The lowest BCUT2D eigenvalue weighted by Gasteiger charge is -2.14. The zero-order chi connectivity index (χ0) is 19.2. The van der Waals surface area contributed by atoms with Gasteiger partial charge in [-0.15, -0.1) is 0 Å². The van der Waals surface area contributed by atoms with Gasteiger partial charge in [-0.05, 0) is 46.9 Å². The summed E-state index contributed by atoms with van der Waals surface area (Å²) in [6, 6.07) is 20.6. The van der Waals surface area contributed by atoms with Gasteiger partial charge in [0.2, 0.25) is 0 Å². The average molecular weight is 362 g/mol. The van der Waals surface area contributed by atoms with Crippen LogP contribution in [0.2, 0.25) is 0 Å². The molecule has 0 saturated carbocycles. The highest BCUT2D eigenvalue weighted by molar-refractivity contribution is 6.07. The summed E-state index contributed by atoms with van der Waals surface area (Å²) in [5, 5.41) is 13.7. The van der Waals surface area contributed by atoms with Gasteiger partial charge in [-0.3, -0.25) is 14.8 Å². The first-order chi connectivity index (χ1) is 13.1. The van der Waals surface area contributed by atoms with Gasteiger partial charge in [0.25, 0.3) is 11.8 Å². The Morgan fingerprint density at radius 1 is 0.926 bits per heavy atom. The fourth-order valence-electron chi connectivity index (χ4n) is 3.12. The van der Waals surface area contributed by atoms with E-state index >= 15 is 0 Å². The van der Waals surface area contributed by atoms with Crippen LogP contribution in [-0.2, 0) is 6.42 Å². The first-order valence-corrected chi connectivity index (χ1v) is 8.88. The van der Waals surface area contributed by atoms with E-state index in [1.807, 2.05) is 54.6 Å². The predicted octanol–water partition coefficient (Wildman–Crippen LogP) is 3.57. The molecular formula is C22H22N2O3. The second kappa shape index (κ2) is 8.47. The van der Waals surface area contributed by atoms with Crippen molar-refractivity contribution in [3.05, 3.63) is 83.4 Å². The maximum Gasteiger partial charge on any atom is 0.274 e. The number of benzene rings is 3. The zero-order valence-corrected chi connectivity index (χ0v) is 15.1. The summed E-state index contributed by atoms with van der Waals surface area (Å²) in [7, 11) is 0. The van der Waals surface area contributed by atoms with Gasteiger partial charge in [0.1, 0.15) is 0 Å². The first-order valence-electron chi connectivity index (χ1n) is 8.88. The Morgan fingerprint density at radius 3 is 2.37 bits per heavy atom. The maximum absolute atomic E-state index is 12.6. The Labute approximate surface area is 158 Å². The van der Waals surface area contributed by atoms with Crippen molar-refractivity contribution in [3.8, 4) is 0 Å². The van der Waals surface area contributed by atoms with Crippen LogP contribution in [0.25, 0.3) is 10.8 Å². The third-order valence-corrected chi connectivity index (χ3v) is 4.55. The summed E-state index contributed by atoms with van der Waals surface area (Å²) >= 11 is 0. The van der Waals surface area contributed by atoms with Crippen molar-refractivity contribution in [2.75, 3.05) is 6.54 Å². The fraction of sp³-hybridized carbons (Fsp3) is 0.182. The molecule has 0 heterocycles. The molecule has 0 aliphatic rings. The number of nitrogens with one attached hydrogen (secondary N) is 2. The van der Waals surface area contributed by atoms with Gasteiger partial charge >= 0.3 is 0 Å². The molecule has 2 amide bonds. The van der Waals surface area contributed by atoms with Crippen molar-refractivity contribution < 1.29 is 14.8 Å². The Bertz CT molecular complexity index is 946. The second-order valence-corrected chi connectivity index (χ2v) is 6.68. The van der Waals surface area contributed by atoms with Crippen LogP contribution >= 0.6 is 0 Å². The van der Waals surface area contributed by atoms with Crippen LogP contribution in [0.1, 0.15) is 33.2 Å². The SMILES string of the molecule is CC(CNC(=O)c1cccc2ccccc12)Cc1ccc(C(=O)NO)cc1. The van der Waals surface area contributed by atoms with Crippen LogP contribution in [0.3, 0.4) is 0 Å². The minimum absolute atomic E-state index is 0.0754. The van der Waals surface area contributed by atoms with E-state index in [1.165, 1.54) is 0 Å². The van der Waals surface area contributed by atoms with E-state index in [4.69, 9.17) is 5.21 Å². The molecule has 1 atom stereocenters. The van der Waals surface area contributed by atoms with Crippen molar-refractivity contribution in [1.29, 1.82) is 0 Å². The number of hydrogen-bond donors (Lipinski definition) is 3. The highest BCUT2D eigenvalue weighted by Gasteiger charge is 2.12. The number of amides is 2. The van der Waals surface area contributed by atoms with Gasteiger partial charge in [-0.1, -0.05) is 55.5 Å². The molecule has 138 valence electrons. The van der Waals surface area contributed by atoms with E-state index in [9.17, 15) is 9.59 Å². The second-order valence-electron chi connectivity index (χ2n) is 6.68. The number of carbonyl (C=O) groups excluding carboxylic acids is 2. The van der Waals surface area contributed by atoms with Gasteiger partial charge in [-0.25, -0.2) is 5.48 Å². The zero-order valence-electron chi connectivity index (χ0n) is 15.1. The van der Waals surface area contributed by atoms with Crippen LogP contribution in [0.15, 0.2) is 66.7 Å². The minimum atomic E-state index is -0.531. The molecule has 0 aliphatic heterocycles. The molecule has 3 aromatic rings. The lowest BCUT2D eigenvalue weighted by Crippen LogP contribution is -2.29. The van der Waals surface area contributed by atoms with Crippen LogP contribution in [0, 0.1) is 5.92 Å². The molecule has 3 aromatic carbocycles. The van der Waals surface area contributed by atoms with Crippen molar-refractivity contribution in [3.63, 3.8) is 0 Å². The van der Waals surface area contributed by atoms with E-state index < -0.39 is 5.91 Å². The lowest BCUT2D eigenvalue weighted by molar-refractivity contribution is 0.0706. The van der Waals surface area contributed by atoms with Crippen LogP contribution in [0.5, 0.6) is 0 Å². The molecule has 0 bridgehead atoms. The van der Waals surface area contributed by atoms with Crippen molar-refractivity contribution >= 4 is 22.6 Å². The molecule has 3 rings (SSSR count). The maximum atomic E-state index is 12.6. The number of hydrogen-bond acceptors (Lipinski definition) is 3. The fourth-order valence-corrected chi connectivity index (χ4v) is 3.12. The molecule has 3 N–H and O–H groups in total. The summed E-state index contributed by atoms with van der Waals surface area (Å²) in [6.45, 7) is 2.62. The summed E-state index contributed by atoms with van der Waals surface area (Å²) in [4.78, 5) is 23.9. The Morgan fingerprint density at radius 2 is 1.63 bits per heavy atom. The first kappa shape index (κ1) is 18.6. The van der Waals surface area contributed by atoms with Crippen molar-refractivity contribution in [1.82, 2.24) is 10.8 Å². The summed E-state index contributed by atoms with van der Waals surface area (Å²) in [5.74, 6) is -0.369. The number of hydroxylamine groups is 1. The Kier molecular flexibility index (Phi) is 5.84. The topological polar surface area (TPSA) is 78.4 Å². The van der Waals surface area contributed by atoms with Gasteiger partial charge in [0.15, 0.2) is 0 Å². The molecule has 0 aromatic heterocycles. The summed E-state index contributed by atoms with van der Waals surface area (Å²) in [6.07, 6.45) is 0.775. The van der Waals surface area contributed by atoms with E-state index in [2.05, 4.69) is 12.2 Å². The lowest BCUT2D eigenvalue weighted by atomic mass is 9.99. The third kappa shape index (κ3) is 4.51. The van der Waals surface area contributed by atoms with Gasteiger partial charge in [0.05, 0.1) is 0 Å². The standard InChI is InChI=1S/C22H22N2O3/c1-15(13-16-9-11-18(12-10-16)21(25)24-27)14-23-22(26)20-8-4-6-17-5-2-3-7-19(17)20/h2-12,15,27H,13-14H2,1H3,(H,23,26)(H,24,25). The largest absolute Gasteiger partial charge is 0.352 e. The Hall–Kier alpha value is -3.18. The predicted molar refractivity (Wildman–Crippen MR) is 105 cm³/mol. The van der Waals surface area contributed by atoms with Crippen LogP contribution in [-0.4, -0.2) is 23.6 Å². The van der Waals surface area contributed by atoms with Crippen LogP contribution in [0.4, 0.5) is 0 Å². The van der Waals surface area contributed by atoms with E-state index in [0.717, 1.165) is 22.8 Å². The highest BCUT2D eigenvalue weighted by atomic mass is 16.5. The molecule has 0 saturated heterocycles. The molecule has 0 aliphatic carbocycles. The summed E-state index contributed by atoms with van der Waals surface area (Å²) in [5.41, 5.74) is 3.76. The molecule has 27 heavy (non-hydrogen) atoms. The minimum Gasteiger partial charge on any atom is -0.352 e. The molecule has 0 spiro atoms. The highest BCUT2D eigenvalue weighted by Crippen LogP contribution is 2.18. The molecule has 5 nitrogen and oxygen atoms in total. The van der Waals surface area contributed by atoms with Gasteiger partial charge in [-0.2, -0.15) is 0 Å². The monoisotopic (exact) mass is 362 g/mol. The van der Waals surface area contributed by atoms with E-state index in [0.29, 0.717) is 17.7 Å². The third-order valence-electron chi connectivity index (χ3n) is 4.55. The molecule has 0 radical (unpaired) electrons. The number of fused-ring (bicyclic) bond motifs is 1. The van der Waals surface area contributed by atoms with Gasteiger partial charge in [0, 0.05) is 17.7 Å². The molecule has 0 fully saturated rings. The average Bonchev–Trinajstić information content (AvgIpc) is 2.71. The molecular weight excluding hydrogens is 340 g/mol.